The van der Waals surface area contributed by atoms with Crippen LogP contribution in [0, 0.1) is 0 Å². The molecule has 0 bridgehead atoms. The number of hydrogen-bond acceptors (Lipinski definition) is 4. The lowest BCUT2D eigenvalue weighted by Crippen LogP contribution is -2.41. The third kappa shape index (κ3) is 5.51. The minimum Gasteiger partial charge on any atom is -0.339 e. The summed E-state index contributed by atoms with van der Waals surface area (Å²) < 4.78 is 4.77. The Morgan fingerprint density at radius 3 is 2.61 bits per heavy atom. The SMILES string of the molecule is CCCCNC(=O)NSC1CCN(C(=O)c2ccc(-n3ccnc3)cc2)CC1. The van der Waals surface area contributed by atoms with Crippen LogP contribution < -0.4 is 10.0 Å². The van der Waals surface area contributed by atoms with Gasteiger partial charge in [0.2, 0.25) is 0 Å². The standard InChI is InChI=1S/C20H27N5O2S/c1-2-3-10-22-20(27)23-28-18-8-12-24(13-9-18)19(26)16-4-6-17(7-5-16)25-14-11-21-15-25/h4-7,11,14-15,18H,2-3,8-10,12-13H2,1H3,(H2,22,23,27). The molecule has 1 aromatic carbocycles. The molecule has 0 atom stereocenters. The second-order valence-electron chi connectivity index (χ2n) is 6.84. The van der Waals surface area contributed by atoms with Crippen LogP contribution in [0.4, 0.5) is 4.79 Å². The number of carbonyl (C=O) groups is 2. The summed E-state index contributed by atoms with van der Waals surface area (Å²) in [5.41, 5.74) is 1.68. The zero-order valence-electron chi connectivity index (χ0n) is 16.1. The van der Waals surface area contributed by atoms with Crippen LogP contribution in [0.25, 0.3) is 5.69 Å². The number of rotatable bonds is 7. The first-order chi connectivity index (χ1) is 13.7. The number of amides is 3. The van der Waals surface area contributed by atoms with E-state index in [0.717, 1.165) is 31.4 Å². The van der Waals surface area contributed by atoms with Gasteiger partial charge in [-0.25, -0.2) is 9.78 Å². The smallest absolute Gasteiger partial charge is 0.324 e. The molecule has 7 nitrogen and oxygen atoms in total. The Labute approximate surface area is 170 Å². The van der Waals surface area contributed by atoms with Crippen LogP contribution >= 0.6 is 11.9 Å². The third-order valence-corrected chi connectivity index (χ3v) is 5.89. The van der Waals surface area contributed by atoms with Crippen molar-refractivity contribution in [2.45, 2.75) is 37.9 Å². The minimum absolute atomic E-state index is 0.0610. The molecule has 8 heteroatoms. The normalized spacial score (nSPS) is 14.7. The molecule has 2 aromatic rings. The van der Waals surface area contributed by atoms with Crippen molar-refractivity contribution < 1.29 is 9.59 Å². The summed E-state index contributed by atoms with van der Waals surface area (Å²) >= 11 is 1.46. The van der Waals surface area contributed by atoms with E-state index in [-0.39, 0.29) is 11.9 Å². The van der Waals surface area contributed by atoms with Gasteiger partial charge in [-0.2, -0.15) is 0 Å². The molecule has 0 spiro atoms. The van der Waals surface area contributed by atoms with Crippen molar-refractivity contribution in [3.8, 4) is 5.69 Å². The summed E-state index contributed by atoms with van der Waals surface area (Å²) in [7, 11) is 0. The molecule has 150 valence electrons. The number of urea groups is 1. The first kappa shape index (κ1) is 20.3. The van der Waals surface area contributed by atoms with Gasteiger partial charge in [-0.1, -0.05) is 13.3 Å². The summed E-state index contributed by atoms with van der Waals surface area (Å²) in [6, 6.07) is 7.45. The highest BCUT2D eigenvalue weighted by Crippen LogP contribution is 2.22. The highest BCUT2D eigenvalue weighted by atomic mass is 32.2. The summed E-state index contributed by atoms with van der Waals surface area (Å²) in [6.07, 6.45) is 9.13. The Hall–Kier alpha value is -2.48. The molecule has 3 rings (SSSR count). The Kier molecular flexibility index (Phi) is 7.36. The molecular weight excluding hydrogens is 374 g/mol. The molecule has 1 fully saturated rings. The van der Waals surface area contributed by atoms with Crippen LogP contribution in [0.2, 0.25) is 0 Å². The Bertz CT molecular complexity index is 755. The van der Waals surface area contributed by atoms with Gasteiger partial charge < -0.3 is 14.8 Å². The highest BCUT2D eigenvalue weighted by molar-refractivity contribution is 7.98. The highest BCUT2D eigenvalue weighted by Gasteiger charge is 2.24. The number of nitrogens with zero attached hydrogens (tertiary/aromatic N) is 3. The number of aromatic nitrogens is 2. The van der Waals surface area contributed by atoms with Crippen LogP contribution in [0.15, 0.2) is 43.0 Å². The number of imidazole rings is 1. The topological polar surface area (TPSA) is 79.3 Å². The van der Waals surface area contributed by atoms with E-state index >= 15 is 0 Å². The van der Waals surface area contributed by atoms with E-state index in [1.54, 1.807) is 12.5 Å². The van der Waals surface area contributed by atoms with Crippen molar-refractivity contribution in [3.63, 3.8) is 0 Å². The van der Waals surface area contributed by atoms with E-state index in [1.807, 2.05) is 39.9 Å². The van der Waals surface area contributed by atoms with Crippen molar-refractivity contribution in [1.82, 2.24) is 24.5 Å². The average Bonchev–Trinajstić information content (AvgIpc) is 3.27. The molecule has 0 aliphatic carbocycles. The third-order valence-electron chi connectivity index (χ3n) is 4.78. The fraction of sp³-hybridized carbons (Fsp3) is 0.450. The molecule has 0 unspecified atom stereocenters. The molecule has 1 aromatic heterocycles. The number of benzene rings is 1. The maximum atomic E-state index is 12.7. The van der Waals surface area contributed by atoms with E-state index in [4.69, 9.17) is 0 Å². The van der Waals surface area contributed by atoms with Gasteiger partial charge in [0.25, 0.3) is 5.91 Å². The van der Waals surface area contributed by atoms with Crippen molar-refractivity contribution in [1.29, 1.82) is 0 Å². The van der Waals surface area contributed by atoms with Crippen LogP contribution in [-0.2, 0) is 0 Å². The zero-order valence-corrected chi connectivity index (χ0v) is 17.0. The van der Waals surface area contributed by atoms with Gasteiger partial charge in [0.05, 0.1) is 6.33 Å². The number of nitrogens with one attached hydrogen (secondary N) is 2. The average molecular weight is 402 g/mol. The second kappa shape index (κ2) is 10.2. The molecular formula is C20H27N5O2S. The van der Waals surface area contributed by atoms with Crippen LogP contribution in [0.1, 0.15) is 43.0 Å². The quantitative estimate of drug-likeness (QED) is 0.551. The lowest BCUT2D eigenvalue weighted by atomic mass is 10.1. The Morgan fingerprint density at radius 1 is 1.21 bits per heavy atom. The molecule has 28 heavy (non-hydrogen) atoms. The van der Waals surface area contributed by atoms with Crippen molar-refractivity contribution in [2.75, 3.05) is 19.6 Å². The largest absolute Gasteiger partial charge is 0.339 e. The van der Waals surface area contributed by atoms with Gasteiger partial charge in [-0.05, 0) is 55.5 Å². The second-order valence-corrected chi connectivity index (χ2v) is 7.94. The predicted octanol–water partition coefficient (Wildman–Crippen LogP) is 3.22. The van der Waals surface area contributed by atoms with Gasteiger partial charge in [0, 0.05) is 48.5 Å². The number of unbranched alkanes of at least 4 members (excludes halogenated alkanes) is 1. The summed E-state index contributed by atoms with van der Waals surface area (Å²) in [6.45, 7) is 4.21. The molecule has 1 aliphatic heterocycles. The van der Waals surface area contributed by atoms with E-state index in [2.05, 4.69) is 21.9 Å². The van der Waals surface area contributed by atoms with Gasteiger partial charge in [-0.15, -0.1) is 0 Å². The lowest BCUT2D eigenvalue weighted by Gasteiger charge is -2.31. The fourth-order valence-electron chi connectivity index (χ4n) is 3.10. The maximum absolute atomic E-state index is 12.7. The lowest BCUT2D eigenvalue weighted by molar-refractivity contribution is 0.0727. The molecule has 0 saturated carbocycles. The van der Waals surface area contributed by atoms with Crippen molar-refractivity contribution in [2.24, 2.45) is 0 Å². The fourth-order valence-corrected chi connectivity index (χ4v) is 3.89. The van der Waals surface area contributed by atoms with Crippen LogP contribution in [0.3, 0.4) is 0 Å². The van der Waals surface area contributed by atoms with Crippen molar-refractivity contribution in [3.05, 3.63) is 48.5 Å². The summed E-state index contributed by atoms with van der Waals surface area (Å²) in [4.78, 5) is 30.4. The zero-order chi connectivity index (χ0) is 19.8. The van der Waals surface area contributed by atoms with E-state index in [9.17, 15) is 9.59 Å². The van der Waals surface area contributed by atoms with E-state index in [0.29, 0.717) is 30.4 Å². The number of hydrogen-bond donors (Lipinski definition) is 2. The Balaban J connectivity index is 1.43. The molecule has 2 heterocycles. The predicted molar refractivity (Wildman–Crippen MR) is 112 cm³/mol. The van der Waals surface area contributed by atoms with Crippen molar-refractivity contribution >= 4 is 23.9 Å². The maximum Gasteiger partial charge on any atom is 0.324 e. The van der Waals surface area contributed by atoms with Crippen LogP contribution in [-0.4, -0.2) is 51.3 Å². The van der Waals surface area contributed by atoms with Gasteiger partial charge in [0.15, 0.2) is 0 Å². The van der Waals surface area contributed by atoms with Crippen LogP contribution in [0.5, 0.6) is 0 Å². The number of piperidine rings is 1. The van der Waals surface area contributed by atoms with Gasteiger partial charge >= 0.3 is 6.03 Å². The first-order valence-electron chi connectivity index (χ1n) is 9.74. The molecule has 0 radical (unpaired) electrons. The summed E-state index contributed by atoms with van der Waals surface area (Å²) in [5.74, 6) is 0.0610. The van der Waals surface area contributed by atoms with E-state index in [1.165, 1.54) is 11.9 Å². The van der Waals surface area contributed by atoms with Gasteiger partial charge in [0.1, 0.15) is 0 Å². The van der Waals surface area contributed by atoms with Gasteiger partial charge in [-0.3, -0.25) is 9.52 Å². The molecule has 1 aliphatic rings. The molecule has 3 amide bonds. The number of carbonyl (C=O) groups excluding carboxylic acids is 2. The number of likely N-dealkylation sites (tertiary alicyclic amines) is 1. The molecule has 2 N–H and O–H groups in total. The summed E-state index contributed by atoms with van der Waals surface area (Å²) in [5, 5.41) is 3.18. The van der Waals surface area contributed by atoms with E-state index < -0.39 is 0 Å². The molecule has 1 saturated heterocycles. The monoisotopic (exact) mass is 401 g/mol. The Morgan fingerprint density at radius 2 is 1.96 bits per heavy atom. The first-order valence-corrected chi connectivity index (χ1v) is 10.6. The minimum atomic E-state index is -0.130.